The van der Waals surface area contributed by atoms with Gasteiger partial charge < -0.3 is 4.90 Å². The van der Waals surface area contributed by atoms with Gasteiger partial charge in [-0.1, -0.05) is 99.8 Å². The van der Waals surface area contributed by atoms with E-state index in [4.69, 9.17) is 0 Å². The number of amides is 1. The van der Waals surface area contributed by atoms with Crippen molar-refractivity contribution < 1.29 is 9.18 Å². The lowest BCUT2D eigenvalue weighted by Crippen LogP contribution is -2.28. The van der Waals surface area contributed by atoms with Gasteiger partial charge in [-0.25, -0.2) is 4.39 Å². The first-order chi connectivity index (χ1) is 19.4. The second-order valence-corrected chi connectivity index (χ2v) is 11.8. The zero-order valence-corrected chi connectivity index (χ0v) is 24.7. The molecular formula is C37H46FNO. The molecule has 0 aliphatic heterocycles. The molecule has 0 bridgehead atoms. The molecule has 1 fully saturated rings. The van der Waals surface area contributed by atoms with Crippen LogP contribution in [0.3, 0.4) is 0 Å². The van der Waals surface area contributed by atoms with Crippen LogP contribution < -0.4 is 0 Å². The minimum Gasteiger partial charge on any atom is -0.342 e. The summed E-state index contributed by atoms with van der Waals surface area (Å²) in [5.41, 5.74) is 6.65. The van der Waals surface area contributed by atoms with Crippen molar-refractivity contribution >= 4 is 5.91 Å². The van der Waals surface area contributed by atoms with E-state index >= 15 is 4.39 Å². The SMILES string of the molecule is C=C(C)C(=O)N(C)CCCc1ccc(-c2ccc(-c3ccc(C4CCC(CCCCC)CC4)cc3)cc2F)cc1. The molecule has 1 aliphatic carbocycles. The van der Waals surface area contributed by atoms with Crippen LogP contribution >= 0.6 is 0 Å². The van der Waals surface area contributed by atoms with Crippen molar-refractivity contribution in [3.8, 4) is 22.3 Å². The smallest absolute Gasteiger partial charge is 0.248 e. The molecule has 3 aromatic rings. The van der Waals surface area contributed by atoms with Crippen LogP contribution in [0.15, 0.2) is 78.9 Å². The maximum atomic E-state index is 15.2. The number of carbonyl (C=O) groups excluding carboxylic acids is 1. The van der Waals surface area contributed by atoms with Crippen LogP contribution in [0.2, 0.25) is 0 Å². The highest BCUT2D eigenvalue weighted by atomic mass is 19.1. The fraction of sp³-hybridized carbons (Fsp3) is 0.432. The molecule has 0 unspecified atom stereocenters. The number of halogens is 1. The van der Waals surface area contributed by atoms with Crippen molar-refractivity contribution in [1.82, 2.24) is 4.90 Å². The van der Waals surface area contributed by atoms with Gasteiger partial charge in [0, 0.05) is 24.7 Å². The molecule has 3 heteroatoms. The van der Waals surface area contributed by atoms with Gasteiger partial charge in [0.05, 0.1) is 0 Å². The topological polar surface area (TPSA) is 20.3 Å². The standard InChI is InChI=1S/C37H46FNO/c1-5-6-7-9-28-11-15-30(16-12-28)31-19-21-32(22-20-31)34-23-24-35(36(38)26-34)33-17-13-29(14-18-33)10-8-25-39(4)37(40)27(2)3/h13-14,17-24,26,28,30H,2,5-12,15-16,25H2,1,3-4H3. The number of nitrogens with zero attached hydrogens (tertiary/aromatic N) is 1. The molecule has 0 heterocycles. The normalized spacial score (nSPS) is 17.0. The van der Waals surface area contributed by atoms with Gasteiger partial charge in [-0.05, 0) is 91.2 Å². The Morgan fingerprint density at radius 1 is 0.875 bits per heavy atom. The average molecular weight is 540 g/mol. The molecule has 0 spiro atoms. The van der Waals surface area contributed by atoms with E-state index in [-0.39, 0.29) is 11.7 Å². The highest BCUT2D eigenvalue weighted by Gasteiger charge is 2.22. The third kappa shape index (κ3) is 7.93. The van der Waals surface area contributed by atoms with Crippen LogP contribution in [0.4, 0.5) is 4.39 Å². The van der Waals surface area contributed by atoms with Crippen molar-refractivity contribution in [2.75, 3.05) is 13.6 Å². The average Bonchev–Trinajstić information content (AvgIpc) is 2.97. The van der Waals surface area contributed by atoms with E-state index in [1.165, 1.54) is 62.5 Å². The minimum absolute atomic E-state index is 0.0133. The van der Waals surface area contributed by atoms with Crippen molar-refractivity contribution in [3.63, 3.8) is 0 Å². The number of likely N-dealkylation sites (N-methyl/N-ethyl adjacent to an activating group) is 1. The van der Waals surface area contributed by atoms with Crippen LogP contribution in [-0.4, -0.2) is 24.4 Å². The van der Waals surface area contributed by atoms with Crippen LogP contribution in [-0.2, 0) is 11.2 Å². The van der Waals surface area contributed by atoms with Gasteiger partial charge in [-0.2, -0.15) is 0 Å². The first kappa shape index (κ1) is 29.8. The predicted molar refractivity (Wildman–Crippen MR) is 167 cm³/mol. The second kappa shape index (κ2) is 14.4. The maximum absolute atomic E-state index is 15.2. The molecule has 0 atom stereocenters. The van der Waals surface area contributed by atoms with Gasteiger partial charge >= 0.3 is 0 Å². The van der Waals surface area contributed by atoms with Gasteiger partial charge in [0.25, 0.3) is 0 Å². The number of hydrogen-bond donors (Lipinski definition) is 0. The molecule has 212 valence electrons. The highest BCUT2D eigenvalue weighted by molar-refractivity contribution is 5.91. The van der Waals surface area contributed by atoms with E-state index in [9.17, 15) is 4.79 Å². The van der Waals surface area contributed by atoms with E-state index in [2.05, 4.69) is 49.9 Å². The lowest BCUT2D eigenvalue weighted by Gasteiger charge is -2.29. The lowest BCUT2D eigenvalue weighted by molar-refractivity contribution is -0.125. The lowest BCUT2D eigenvalue weighted by atomic mass is 9.77. The Labute approximate surface area is 241 Å². The summed E-state index contributed by atoms with van der Waals surface area (Å²) in [5, 5.41) is 0. The molecule has 2 nitrogen and oxygen atoms in total. The molecule has 1 amide bonds. The highest BCUT2D eigenvalue weighted by Crippen LogP contribution is 2.38. The molecule has 3 aromatic carbocycles. The molecule has 1 aliphatic rings. The quantitative estimate of drug-likeness (QED) is 0.166. The minimum atomic E-state index is -0.198. The molecular weight excluding hydrogens is 493 g/mol. The van der Waals surface area contributed by atoms with Crippen molar-refractivity contribution in [2.45, 2.75) is 84.0 Å². The third-order valence-corrected chi connectivity index (χ3v) is 8.68. The summed E-state index contributed by atoms with van der Waals surface area (Å²) in [6, 6.07) is 22.5. The molecule has 40 heavy (non-hydrogen) atoms. The van der Waals surface area contributed by atoms with Gasteiger partial charge in [0.1, 0.15) is 5.82 Å². The first-order valence-electron chi connectivity index (χ1n) is 15.3. The fourth-order valence-electron chi connectivity index (χ4n) is 6.14. The largest absolute Gasteiger partial charge is 0.342 e. The molecule has 1 saturated carbocycles. The monoisotopic (exact) mass is 539 g/mol. The Kier molecular flexibility index (Phi) is 10.7. The number of unbranched alkanes of at least 4 members (excludes halogenated alkanes) is 2. The van der Waals surface area contributed by atoms with Gasteiger partial charge in [0.2, 0.25) is 5.91 Å². The predicted octanol–water partition coefficient (Wildman–Crippen LogP) is 9.98. The van der Waals surface area contributed by atoms with Crippen molar-refractivity contribution in [2.24, 2.45) is 5.92 Å². The van der Waals surface area contributed by atoms with Crippen LogP contribution in [0.25, 0.3) is 22.3 Å². The van der Waals surface area contributed by atoms with Gasteiger partial charge in [0.15, 0.2) is 0 Å². The number of hydrogen-bond acceptors (Lipinski definition) is 1. The van der Waals surface area contributed by atoms with E-state index in [1.54, 1.807) is 17.9 Å². The van der Waals surface area contributed by atoms with Crippen LogP contribution in [0.1, 0.15) is 88.7 Å². The Bertz CT molecular complexity index is 1250. The fourth-order valence-corrected chi connectivity index (χ4v) is 6.14. The molecule has 4 rings (SSSR count). The number of benzene rings is 3. The number of carbonyl (C=O) groups is 1. The molecule has 0 radical (unpaired) electrons. The molecule has 0 N–H and O–H groups in total. The number of rotatable bonds is 12. The zero-order chi connectivity index (χ0) is 28.5. The molecule has 0 saturated heterocycles. The second-order valence-electron chi connectivity index (χ2n) is 11.8. The first-order valence-corrected chi connectivity index (χ1v) is 15.3. The molecule has 0 aromatic heterocycles. The summed E-state index contributed by atoms with van der Waals surface area (Å²) in [5.74, 6) is 1.38. The summed E-state index contributed by atoms with van der Waals surface area (Å²) in [6.07, 6.45) is 12.5. The Morgan fingerprint density at radius 3 is 2.15 bits per heavy atom. The zero-order valence-electron chi connectivity index (χ0n) is 24.7. The summed E-state index contributed by atoms with van der Waals surface area (Å²) in [4.78, 5) is 13.7. The Balaban J connectivity index is 1.32. The Morgan fingerprint density at radius 2 is 1.52 bits per heavy atom. The van der Waals surface area contributed by atoms with E-state index in [0.29, 0.717) is 23.6 Å². The number of aryl methyl sites for hydroxylation is 1. The van der Waals surface area contributed by atoms with Gasteiger partial charge in [-0.3, -0.25) is 4.79 Å². The van der Waals surface area contributed by atoms with Crippen molar-refractivity contribution in [3.05, 3.63) is 95.8 Å². The van der Waals surface area contributed by atoms with E-state index < -0.39 is 0 Å². The van der Waals surface area contributed by atoms with E-state index in [0.717, 1.165) is 35.4 Å². The van der Waals surface area contributed by atoms with Gasteiger partial charge in [-0.15, -0.1) is 0 Å². The summed E-state index contributed by atoms with van der Waals surface area (Å²) >= 11 is 0. The van der Waals surface area contributed by atoms with Crippen LogP contribution in [0.5, 0.6) is 0 Å². The van der Waals surface area contributed by atoms with E-state index in [1.807, 2.05) is 31.3 Å². The summed E-state index contributed by atoms with van der Waals surface area (Å²) in [6.45, 7) is 8.42. The summed E-state index contributed by atoms with van der Waals surface area (Å²) < 4.78 is 15.2. The van der Waals surface area contributed by atoms with Crippen LogP contribution in [0, 0.1) is 11.7 Å². The van der Waals surface area contributed by atoms with Crippen molar-refractivity contribution in [1.29, 1.82) is 0 Å². The Hall–Kier alpha value is -3.20. The third-order valence-electron chi connectivity index (χ3n) is 8.68. The summed E-state index contributed by atoms with van der Waals surface area (Å²) in [7, 11) is 1.81. The maximum Gasteiger partial charge on any atom is 0.248 e.